The van der Waals surface area contributed by atoms with Crippen LogP contribution in [0.1, 0.15) is 30.9 Å². The summed E-state index contributed by atoms with van der Waals surface area (Å²) in [7, 11) is 3.67. The second-order valence-corrected chi connectivity index (χ2v) is 8.50. The SMILES string of the molecule is COc1ccc2c3c1O[C@H]1C(OC(=O)[C@H](C)N)=CC[C@]4(O)C(C2)N(C)CC[C@]314.Cl.Cl. The zero-order valence-electron chi connectivity index (χ0n) is 17.2. The molecule has 30 heavy (non-hydrogen) atoms. The average Bonchev–Trinajstić information content (AvgIpc) is 3.02. The van der Waals surface area contributed by atoms with Crippen LogP contribution in [0.5, 0.6) is 11.5 Å². The fourth-order valence-corrected chi connectivity index (χ4v) is 5.80. The van der Waals surface area contributed by atoms with Crippen molar-refractivity contribution >= 4 is 30.8 Å². The van der Waals surface area contributed by atoms with Crippen LogP contribution in [0.15, 0.2) is 24.0 Å². The van der Waals surface area contributed by atoms with E-state index in [2.05, 4.69) is 18.0 Å². The molecule has 1 fully saturated rings. The van der Waals surface area contributed by atoms with Crippen molar-refractivity contribution in [2.75, 3.05) is 20.7 Å². The van der Waals surface area contributed by atoms with Gasteiger partial charge in [0.2, 0.25) is 0 Å². The Morgan fingerprint density at radius 2 is 2.13 bits per heavy atom. The largest absolute Gasteiger partial charge is 0.493 e. The molecular weight excluding hydrogens is 431 g/mol. The number of esters is 1. The highest BCUT2D eigenvalue weighted by Gasteiger charge is 2.72. The Kier molecular flexibility index (Phi) is 5.84. The lowest BCUT2D eigenvalue weighted by Crippen LogP contribution is -2.74. The number of nitrogens with two attached hydrogens (primary N) is 1. The molecule has 2 heterocycles. The lowest BCUT2D eigenvalue weighted by molar-refractivity contribution is -0.169. The number of hydrogen-bond donors (Lipinski definition) is 2. The molecule has 5 rings (SSSR count). The van der Waals surface area contributed by atoms with Crippen LogP contribution in [-0.2, 0) is 21.4 Å². The maximum Gasteiger partial charge on any atom is 0.327 e. The Balaban J connectivity index is 0.00000128. The standard InChI is InChI=1S/C21H26N2O5.2ClH/c1-11(22)19(24)27-14-6-7-21(25)15-10-12-4-5-13(26-3)17-16(12)20(21,18(14)28-17)8-9-23(15)2;;/h4-6,11,15,18,25H,7-10,22H2,1-3H3;2*1H/t11-,15?,18-,20-,21-;;/m0../s1. The van der Waals surface area contributed by atoms with E-state index in [0.29, 0.717) is 30.1 Å². The number of rotatable bonds is 3. The lowest BCUT2D eigenvalue weighted by Gasteiger charge is -2.61. The first-order valence-corrected chi connectivity index (χ1v) is 9.80. The van der Waals surface area contributed by atoms with Crippen LogP contribution < -0.4 is 15.2 Å². The second-order valence-electron chi connectivity index (χ2n) is 8.50. The summed E-state index contributed by atoms with van der Waals surface area (Å²) in [5.74, 6) is 1.25. The molecule has 1 aromatic rings. The van der Waals surface area contributed by atoms with E-state index in [1.165, 1.54) is 5.56 Å². The van der Waals surface area contributed by atoms with Crippen molar-refractivity contribution < 1.29 is 24.1 Å². The molecule has 2 aliphatic heterocycles. The number of piperidine rings is 1. The molecule has 1 saturated heterocycles. The van der Waals surface area contributed by atoms with E-state index in [1.807, 2.05) is 6.07 Å². The highest BCUT2D eigenvalue weighted by molar-refractivity contribution is 5.85. The molecular formula is C21H28Cl2N2O5. The molecule has 1 unspecified atom stereocenters. The molecule has 4 aliphatic rings. The molecule has 1 aromatic carbocycles. The molecule has 0 saturated carbocycles. The van der Waals surface area contributed by atoms with Gasteiger partial charge in [0.25, 0.3) is 0 Å². The molecule has 0 aromatic heterocycles. The number of carbonyl (C=O) groups is 1. The van der Waals surface area contributed by atoms with Gasteiger partial charge in [-0.15, -0.1) is 24.8 Å². The van der Waals surface area contributed by atoms with Crippen LogP contribution in [0.4, 0.5) is 0 Å². The van der Waals surface area contributed by atoms with Gasteiger partial charge in [-0.2, -0.15) is 0 Å². The minimum absolute atomic E-state index is 0. The van der Waals surface area contributed by atoms with Crippen molar-refractivity contribution in [1.29, 1.82) is 0 Å². The Morgan fingerprint density at radius 3 is 2.80 bits per heavy atom. The van der Waals surface area contributed by atoms with E-state index < -0.39 is 29.1 Å². The van der Waals surface area contributed by atoms with Gasteiger partial charge in [0.1, 0.15) is 11.8 Å². The fraction of sp³-hybridized carbons (Fsp3) is 0.571. The summed E-state index contributed by atoms with van der Waals surface area (Å²) < 4.78 is 17.6. The number of ether oxygens (including phenoxy) is 3. The predicted molar refractivity (Wildman–Crippen MR) is 116 cm³/mol. The van der Waals surface area contributed by atoms with Gasteiger partial charge in [0.05, 0.1) is 18.1 Å². The number of nitrogens with zero attached hydrogens (tertiary/aromatic N) is 1. The van der Waals surface area contributed by atoms with Gasteiger partial charge in [0, 0.05) is 18.0 Å². The van der Waals surface area contributed by atoms with Crippen LogP contribution in [-0.4, -0.2) is 60.5 Å². The first-order chi connectivity index (χ1) is 13.3. The molecule has 5 atom stereocenters. The topological polar surface area (TPSA) is 94.2 Å². The molecule has 9 heteroatoms. The van der Waals surface area contributed by atoms with Crippen LogP contribution in [0, 0.1) is 0 Å². The third kappa shape index (κ3) is 2.66. The van der Waals surface area contributed by atoms with Crippen LogP contribution in [0.2, 0.25) is 0 Å². The van der Waals surface area contributed by atoms with Crippen LogP contribution in [0.3, 0.4) is 0 Å². The smallest absolute Gasteiger partial charge is 0.327 e. The Hall–Kier alpha value is -1.51. The third-order valence-corrected chi connectivity index (χ3v) is 7.15. The van der Waals surface area contributed by atoms with E-state index in [0.717, 1.165) is 18.5 Å². The second kappa shape index (κ2) is 7.57. The Morgan fingerprint density at radius 1 is 1.40 bits per heavy atom. The minimum atomic E-state index is -1.00. The molecule has 7 nitrogen and oxygen atoms in total. The summed E-state index contributed by atoms with van der Waals surface area (Å²) in [5.41, 5.74) is 6.23. The van der Waals surface area contributed by atoms with E-state index >= 15 is 0 Å². The summed E-state index contributed by atoms with van der Waals surface area (Å²) in [6, 6.07) is 3.23. The van der Waals surface area contributed by atoms with Crippen molar-refractivity contribution in [2.45, 2.75) is 55.4 Å². The first kappa shape index (κ1) is 23.2. The predicted octanol–water partition coefficient (Wildman–Crippen LogP) is 1.71. The number of likely N-dealkylation sites (tertiary alicyclic amines) is 1. The van der Waals surface area contributed by atoms with Crippen molar-refractivity contribution in [3.8, 4) is 11.5 Å². The van der Waals surface area contributed by atoms with Gasteiger partial charge in [-0.05, 0) is 51.1 Å². The molecule has 0 radical (unpaired) electrons. The Bertz CT molecular complexity index is 908. The molecule has 3 N–H and O–H groups in total. The average molecular weight is 459 g/mol. The van der Waals surface area contributed by atoms with Crippen molar-refractivity contribution in [2.24, 2.45) is 5.73 Å². The summed E-state index contributed by atoms with van der Waals surface area (Å²) in [6.07, 6.45) is 3.09. The molecule has 166 valence electrons. The Labute approximate surface area is 188 Å². The van der Waals surface area contributed by atoms with E-state index in [-0.39, 0.29) is 30.9 Å². The zero-order valence-corrected chi connectivity index (χ0v) is 18.8. The van der Waals surface area contributed by atoms with Crippen molar-refractivity contribution in [3.63, 3.8) is 0 Å². The van der Waals surface area contributed by atoms with Crippen LogP contribution >= 0.6 is 24.8 Å². The van der Waals surface area contributed by atoms with Gasteiger partial charge < -0.3 is 30.0 Å². The summed E-state index contributed by atoms with van der Waals surface area (Å²) in [4.78, 5) is 14.5. The van der Waals surface area contributed by atoms with E-state index in [9.17, 15) is 9.90 Å². The number of carbonyl (C=O) groups excluding carboxylic acids is 1. The van der Waals surface area contributed by atoms with E-state index in [1.54, 1.807) is 20.1 Å². The quantitative estimate of drug-likeness (QED) is 0.665. The molecule has 0 amide bonds. The number of halogens is 2. The minimum Gasteiger partial charge on any atom is -0.493 e. The highest BCUT2D eigenvalue weighted by Crippen LogP contribution is 2.65. The van der Waals surface area contributed by atoms with Crippen molar-refractivity contribution in [3.05, 3.63) is 35.1 Å². The van der Waals surface area contributed by atoms with Gasteiger partial charge in [-0.3, -0.25) is 0 Å². The van der Waals surface area contributed by atoms with Crippen molar-refractivity contribution in [1.82, 2.24) is 4.90 Å². The number of benzene rings is 1. The van der Waals surface area contributed by atoms with Gasteiger partial charge in [-0.25, -0.2) is 4.79 Å². The van der Waals surface area contributed by atoms with Gasteiger partial charge in [0.15, 0.2) is 17.6 Å². The number of aliphatic hydroxyl groups is 1. The monoisotopic (exact) mass is 458 g/mol. The lowest BCUT2D eigenvalue weighted by atomic mass is 9.50. The summed E-state index contributed by atoms with van der Waals surface area (Å²) >= 11 is 0. The molecule has 2 aliphatic carbocycles. The van der Waals surface area contributed by atoms with E-state index in [4.69, 9.17) is 19.9 Å². The summed E-state index contributed by atoms with van der Waals surface area (Å²) in [6.45, 7) is 2.43. The maximum atomic E-state index is 12.2. The van der Waals surface area contributed by atoms with Gasteiger partial charge >= 0.3 is 5.97 Å². The van der Waals surface area contributed by atoms with Crippen LogP contribution in [0.25, 0.3) is 0 Å². The number of methoxy groups -OCH3 is 1. The third-order valence-electron chi connectivity index (χ3n) is 7.15. The molecule has 1 spiro atoms. The van der Waals surface area contributed by atoms with Gasteiger partial charge in [-0.1, -0.05) is 6.07 Å². The normalized spacial score (nSPS) is 33.7. The maximum absolute atomic E-state index is 12.2. The first-order valence-electron chi connectivity index (χ1n) is 9.80. The molecule has 2 bridgehead atoms. The summed E-state index contributed by atoms with van der Waals surface area (Å²) in [5, 5.41) is 12.0. The fourth-order valence-electron chi connectivity index (χ4n) is 5.80. The zero-order chi connectivity index (χ0) is 19.8. The highest BCUT2D eigenvalue weighted by atomic mass is 35.5. The number of likely N-dealkylation sites (N-methyl/N-ethyl adjacent to an activating group) is 1. The number of hydrogen-bond acceptors (Lipinski definition) is 7.